The van der Waals surface area contributed by atoms with Gasteiger partial charge in [-0.05, 0) is 30.5 Å². The molecule has 2 aromatic carbocycles. The molecule has 1 fully saturated rings. The molecule has 1 amide bonds. The molecule has 0 radical (unpaired) electrons. The molecule has 4 rings (SSSR count). The number of aryl methyl sites for hydroxylation is 1. The van der Waals surface area contributed by atoms with Crippen molar-refractivity contribution in [3.8, 4) is 11.5 Å². The van der Waals surface area contributed by atoms with Gasteiger partial charge in [0.25, 0.3) is 0 Å². The summed E-state index contributed by atoms with van der Waals surface area (Å²) in [5.74, 6) is 1.34. The Kier molecular flexibility index (Phi) is 6.87. The van der Waals surface area contributed by atoms with E-state index in [1.54, 1.807) is 0 Å². The lowest BCUT2D eigenvalue weighted by Gasteiger charge is -2.34. The van der Waals surface area contributed by atoms with Crippen molar-refractivity contribution < 1.29 is 9.21 Å². The molecular formula is C24H28N4O2. The first-order chi connectivity index (χ1) is 14.8. The fraction of sp³-hybridized carbons (Fsp3) is 0.375. The van der Waals surface area contributed by atoms with Gasteiger partial charge in [-0.3, -0.25) is 9.69 Å². The third-order valence-electron chi connectivity index (χ3n) is 5.55. The second-order valence-electron chi connectivity index (χ2n) is 7.68. The Morgan fingerprint density at radius 3 is 2.30 bits per heavy atom. The number of aromatic nitrogens is 2. The highest BCUT2D eigenvalue weighted by molar-refractivity contribution is 5.76. The predicted octanol–water partition coefficient (Wildman–Crippen LogP) is 3.45. The molecule has 156 valence electrons. The smallest absolute Gasteiger partial charge is 0.247 e. The van der Waals surface area contributed by atoms with Gasteiger partial charge in [-0.15, -0.1) is 10.2 Å². The summed E-state index contributed by atoms with van der Waals surface area (Å²) < 4.78 is 5.72. The Labute approximate surface area is 177 Å². The van der Waals surface area contributed by atoms with Gasteiger partial charge < -0.3 is 9.32 Å². The lowest BCUT2D eigenvalue weighted by Crippen LogP contribution is -2.49. The van der Waals surface area contributed by atoms with Gasteiger partial charge in [0.05, 0.1) is 0 Å². The first-order valence-electron chi connectivity index (χ1n) is 10.7. The molecule has 0 unspecified atom stereocenters. The van der Waals surface area contributed by atoms with Crippen molar-refractivity contribution in [2.75, 3.05) is 32.7 Å². The van der Waals surface area contributed by atoms with Gasteiger partial charge in [-0.25, -0.2) is 0 Å². The van der Waals surface area contributed by atoms with Gasteiger partial charge in [0.15, 0.2) is 0 Å². The Hall–Kier alpha value is -2.99. The van der Waals surface area contributed by atoms with Crippen molar-refractivity contribution in [2.24, 2.45) is 0 Å². The van der Waals surface area contributed by atoms with Crippen LogP contribution in [0.15, 0.2) is 65.1 Å². The van der Waals surface area contributed by atoms with Crippen LogP contribution >= 0.6 is 0 Å². The van der Waals surface area contributed by atoms with Crippen LogP contribution in [0.3, 0.4) is 0 Å². The zero-order chi connectivity index (χ0) is 20.6. The molecule has 3 aromatic rings. The van der Waals surface area contributed by atoms with E-state index < -0.39 is 0 Å². The number of nitrogens with zero attached hydrogens (tertiary/aromatic N) is 4. The summed E-state index contributed by atoms with van der Waals surface area (Å²) >= 11 is 0. The number of piperazine rings is 1. The van der Waals surface area contributed by atoms with Crippen LogP contribution in [0.2, 0.25) is 0 Å². The SMILES string of the molecule is O=C(CCCc1nnc(-c2ccccc2)o1)N1CCN(CCc2ccccc2)CC1. The first kappa shape index (κ1) is 20.3. The number of hydrogen-bond acceptors (Lipinski definition) is 5. The van der Waals surface area contributed by atoms with E-state index in [1.807, 2.05) is 35.2 Å². The lowest BCUT2D eigenvalue weighted by atomic mass is 10.1. The van der Waals surface area contributed by atoms with Crippen molar-refractivity contribution in [1.29, 1.82) is 0 Å². The van der Waals surface area contributed by atoms with Crippen LogP contribution < -0.4 is 0 Å². The number of amides is 1. The van der Waals surface area contributed by atoms with Gasteiger partial charge >= 0.3 is 0 Å². The van der Waals surface area contributed by atoms with Gasteiger partial charge in [0, 0.05) is 51.1 Å². The van der Waals surface area contributed by atoms with Crippen molar-refractivity contribution in [2.45, 2.75) is 25.7 Å². The molecule has 30 heavy (non-hydrogen) atoms. The standard InChI is InChI=1S/C24H28N4O2/c29-23(13-7-12-22-25-26-24(30-22)21-10-5-2-6-11-21)28-18-16-27(17-19-28)15-14-20-8-3-1-4-9-20/h1-6,8-11H,7,12-19H2. The molecule has 0 atom stereocenters. The van der Waals surface area contributed by atoms with Gasteiger partial charge in [-0.1, -0.05) is 48.5 Å². The summed E-state index contributed by atoms with van der Waals surface area (Å²) in [6.45, 7) is 4.57. The van der Waals surface area contributed by atoms with Crippen LogP contribution in [0.5, 0.6) is 0 Å². The molecule has 0 bridgehead atoms. The summed E-state index contributed by atoms with van der Waals surface area (Å²) in [6.07, 6.45) is 2.93. The van der Waals surface area contributed by atoms with E-state index in [0.717, 1.165) is 51.1 Å². The molecule has 0 N–H and O–H groups in total. The molecule has 0 spiro atoms. The number of carbonyl (C=O) groups excluding carboxylic acids is 1. The minimum Gasteiger partial charge on any atom is -0.421 e. The first-order valence-corrected chi connectivity index (χ1v) is 10.7. The van der Waals surface area contributed by atoms with E-state index >= 15 is 0 Å². The van der Waals surface area contributed by atoms with E-state index in [2.05, 4.69) is 45.4 Å². The largest absolute Gasteiger partial charge is 0.421 e. The van der Waals surface area contributed by atoms with Crippen LogP contribution in [-0.4, -0.2) is 58.6 Å². The fourth-order valence-electron chi connectivity index (χ4n) is 3.75. The molecule has 6 heteroatoms. The van der Waals surface area contributed by atoms with Gasteiger partial charge in [0.1, 0.15) is 0 Å². The van der Waals surface area contributed by atoms with Crippen LogP contribution in [0.25, 0.3) is 11.5 Å². The van der Waals surface area contributed by atoms with E-state index in [0.29, 0.717) is 24.6 Å². The van der Waals surface area contributed by atoms with Gasteiger partial charge in [0.2, 0.25) is 17.7 Å². The Balaban J connectivity index is 1.15. The Morgan fingerprint density at radius 2 is 1.57 bits per heavy atom. The third kappa shape index (κ3) is 5.54. The summed E-state index contributed by atoms with van der Waals surface area (Å²) in [5.41, 5.74) is 2.28. The van der Waals surface area contributed by atoms with Crippen molar-refractivity contribution in [1.82, 2.24) is 20.0 Å². The maximum atomic E-state index is 12.5. The van der Waals surface area contributed by atoms with Crippen molar-refractivity contribution in [3.05, 3.63) is 72.1 Å². The number of carbonyl (C=O) groups is 1. The summed E-state index contributed by atoms with van der Waals surface area (Å²) in [5, 5.41) is 8.21. The molecule has 1 aliphatic heterocycles. The van der Waals surface area contributed by atoms with E-state index in [1.165, 1.54) is 5.56 Å². The quantitative estimate of drug-likeness (QED) is 0.575. The van der Waals surface area contributed by atoms with Crippen LogP contribution in [0.1, 0.15) is 24.3 Å². The van der Waals surface area contributed by atoms with Crippen molar-refractivity contribution >= 4 is 5.91 Å². The van der Waals surface area contributed by atoms with E-state index in [-0.39, 0.29) is 5.91 Å². The van der Waals surface area contributed by atoms with Crippen LogP contribution in [0, 0.1) is 0 Å². The third-order valence-corrected chi connectivity index (χ3v) is 5.55. The average Bonchev–Trinajstić information content (AvgIpc) is 3.28. The molecule has 2 heterocycles. The number of hydrogen-bond donors (Lipinski definition) is 0. The molecule has 1 aliphatic rings. The minimum absolute atomic E-state index is 0.223. The van der Waals surface area contributed by atoms with Crippen LogP contribution in [0.4, 0.5) is 0 Å². The normalized spacial score (nSPS) is 14.7. The highest BCUT2D eigenvalue weighted by Gasteiger charge is 2.20. The number of benzene rings is 2. The summed E-state index contributed by atoms with van der Waals surface area (Å²) in [4.78, 5) is 17.0. The predicted molar refractivity (Wildman–Crippen MR) is 116 cm³/mol. The lowest BCUT2D eigenvalue weighted by molar-refractivity contribution is -0.133. The second kappa shape index (κ2) is 10.2. The van der Waals surface area contributed by atoms with E-state index in [9.17, 15) is 4.79 Å². The zero-order valence-corrected chi connectivity index (χ0v) is 17.2. The van der Waals surface area contributed by atoms with Crippen LogP contribution in [-0.2, 0) is 17.6 Å². The summed E-state index contributed by atoms with van der Waals surface area (Å²) in [7, 11) is 0. The van der Waals surface area contributed by atoms with Gasteiger partial charge in [-0.2, -0.15) is 0 Å². The molecular weight excluding hydrogens is 376 g/mol. The highest BCUT2D eigenvalue weighted by atomic mass is 16.4. The maximum Gasteiger partial charge on any atom is 0.247 e. The fourth-order valence-corrected chi connectivity index (χ4v) is 3.75. The zero-order valence-electron chi connectivity index (χ0n) is 17.2. The number of rotatable bonds is 8. The topological polar surface area (TPSA) is 62.5 Å². The van der Waals surface area contributed by atoms with Crippen molar-refractivity contribution in [3.63, 3.8) is 0 Å². The molecule has 6 nitrogen and oxygen atoms in total. The minimum atomic E-state index is 0.223. The second-order valence-corrected chi connectivity index (χ2v) is 7.68. The Bertz CT molecular complexity index is 919. The summed E-state index contributed by atoms with van der Waals surface area (Å²) in [6, 6.07) is 20.3. The molecule has 1 saturated heterocycles. The Morgan fingerprint density at radius 1 is 0.867 bits per heavy atom. The molecule has 0 aliphatic carbocycles. The average molecular weight is 405 g/mol. The highest BCUT2D eigenvalue weighted by Crippen LogP contribution is 2.18. The molecule has 0 saturated carbocycles. The maximum absolute atomic E-state index is 12.5. The monoisotopic (exact) mass is 404 g/mol. The van der Waals surface area contributed by atoms with E-state index in [4.69, 9.17) is 4.42 Å². The molecule has 1 aromatic heterocycles.